The Kier molecular flexibility index (Phi) is 4.45. The van der Waals surface area contributed by atoms with Gasteiger partial charge in [-0.15, -0.1) is 0 Å². The molecular formula is C16H16INO2. The third kappa shape index (κ3) is 3.37. The molecular weight excluding hydrogens is 365 g/mol. The van der Waals surface area contributed by atoms with Crippen molar-refractivity contribution in [1.29, 1.82) is 0 Å². The van der Waals surface area contributed by atoms with E-state index >= 15 is 0 Å². The van der Waals surface area contributed by atoms with E-state index in [9.17, 15) is 9.90 Å². The number of nitrogens with one attached hydrogen (secondary N) is 1. The van der Waals surface area contributed by atoms with Crippen LogP contribution in [0, 0.1) is 3.57 Å². The number of aliphatic hydroxyl groups is 1. The van der Waals surface area contributed by atoms with Gasteiger partial charge in [0.2, 0.25) is 5.91 Å². The van der Waals surface area contributed by atoms with Crippen LogP contribution in [0.15, 0.2) is 48.5 Å². The summed E-state index contributed by atoms with van der Waals surface area (Å²) in [7, 11) is 0. The van der Waals surface area contributed by atoms with Gasteiger partial charge in [-0.3, -0.25) is 4.79 Å². The van der Waals surface area contributed by atoms with E-state index in [-0.39, 0.29) is 5.91 Å². The molecule has 0 heterocycles. The van der Waals surface area contributed by atoms with Crippen LogP contribution in [0.3, 0.4) is 0 Å². The number of rotatable bonds is 3. The van der Waals surface area contributed by atoms with Crippen molar-refractivity contribution < 1.29 is 9.90 Å². The number of benzene rings is 2. The molecule has 0 unspecified atom stereocenters. The number of anilines is 1. The maximum Gasteiger partial charge on any atom is 0.221 e. The zero-order chi connectivity index (χ0) is 14.8. The number of halogens is 1. The Morgan fingerprint density at radius 3 is 1.95 bits per heavy atom. The summed E-state index contributed by atoms with van der Waals surface area (Å²) in [5.74, 6) is -0.109. The predicted molar refractivity (Wildman–Crippen MR) is 88.6 cm³/mol. The molecule has 0 aromatic heterocycles. The highest BCUT2D eigenvalue weighted by Gasteiger charge is 2.25. The van der Waals surface area contributed by atoms with Crippen molar-refractivity contribution in [3.63, 3.8) is 0 Å². The second-order valence-electron chi connectivity index (χ2n) is 4.84. The molecule has 0 fully saturated rings. The molecule has 2 aromatic carbocycles. The van der Waals surface area contributed by atoms with Crippen LogP contribution in [0.25, 0.3) is 0 Å². The van der Waals surface area contributed by atoms with Gasteiger partial charge >= 0.3 is 0 Å². The first-order chi connectivity index (χ1) is 9.39. The minimum atomic E-state index is -1.06. The van der Waals surface area contributed by atoms with Gasteiger partial charge in [0.15, 0.2) is 0 Å². The number of amides is 1. The van der Waals surface area contributed by atoms with Gasteiger partial charge in [-0.25, -0.2) is 0 Å². The zero-order valence-corrected chi connectivity index (χ0v) is 13.5. The Morgan fingerprint density at radius 1 is 1.05 bits per heavy atom. The van der Waals surface area contributed by atoms with Crippen molar-refractivity contribution >= 4 is 34.2 Å². The second kappa shape index (κ2) is 5.93. The lowest BCUT2D eigenvalue weighted by molar-refractivity contribution is -0.114. The highest BCUT2D eigenvalue weighted by Crippen LogP contribution is 2.30. The molecule has 4 heteroatoms. The first kappa shape index (κ1) is 15.0. The molecule has 1 atom stereocenters. The first-order valence-corrected chi connectivity index (χ1v) is 7.34. The average Bonchev–Trinajstić information content (AvgIpc) is 2.39. The van der Waals surface area contributed by atoms with Crippen molar-refractivity contribution in [1.82, 2.24) is 0 Å². The van der Waals surface area contributed by atoms with E-state index in [1.54, 1.807) is 19.1 Å². The Morgan fingerprint density at radius 2 is 1.50 bits per heavy atom. The van der Waals surface area contributed by atoms with Crippen LogP contribution in [-0.4, -0.2) is 11.0 Å². The minimum Gasteiger partial charge on any atom is -0.381 e. The molecule has 0 aliphatic carbocycles. The van der Waals surface area contributed by atoms with E-state index in [0.717, 1.165) is 20.4 Å². The largest absolute Gasteiger partial charge is 0.381 e. The second-order valence-corrected chi connectivity index (χ2v) is 6.08. The van der Waals surface area contributed by atoms with Gasteiger partial charge in [0.1, 0.15) is 5.60 Å². The van der Waals surface area contributed by atoms with Crippen molar-refractivity contribution in [2.45, 2.75) is 19.4 Å². The number of carbonyl (C=O) groups excluding carboxylic acids is 1. The Balaban J connectivity index is 2.29. The third-order valence-electron chi connectivity index (χ3n) is 3.17. The fourth-order valence-electron chi connectivity index (χ4n) is 2.02. The fourth-order valence-corrected chi connectivity index (χ4v) is 2.38. The van der Waals surface area contributed by atoms with Gasteiger partial charge in [0, 0.05) is 16.2 Å². The summed E-state index contributed by atoms with van der Waals surface area (Å²) in [6.07, 6.45) is 0. The third-order valence-corrected chi connectivity index (χ3v) is 3.89. The maximum absolute atomic E-state index is 11.0. The number of carbonyl (C=O) groups is 1. The molecule has 0 spiro atoms. The SMILES string of the molecule is CC(=O)Nc1ccc([C@@](C)(O)c2ccc(I)cc2)cc1. The molecule has 0 aliphatic heterocycles. The van der Waals surface area contributed by atoms with Gasteiger partial charge in [0.05, 0.1) is 0 Å². The predicted octanol–water partition coefficient (Wildman–Crippen LogP) is 3.51. The van der Waals surface area contributed by atoms with Crippen molar-refractivity contribution in [3.8, 4) is 0 Å². The van der Waals surface area contributed by atoms with Crippen molar-refractivity contribution in [2.75, 3.05) is 5.32 Å². The quantitative estimate of drug-likeness (QED) is 0.800. The maximum atomic E-state index is 11.0. The molecule has 20 heavy (non-hydrogen) atoms. The van der Waals surface area contributed by atoms with E-state index < -0.39 is 5.60 Å². The Bertz CT molecular complexity index is 603. The zero-order valence-electron chi connectivity index (χ0n) is 11.4. The summed E-state index contributed by atoms with van der Waals surface area (Å²) >= 11 is 2.23. The highest BCUT2D eigenvalue weighted by molar-refractivity contribution is 14.1. The summed E-state index contributed by atoms with van der Waals surface area (Å²) in [5.41, 5.74) is 1.29. The van der Waals surface area contributed by atoms with Gasteiger partial charge in [0.25, 0.3) is 0 Å². The molecule has 2 N–H and O–H groups in total. The smallest absolute Gasteiger partial charge is 0.221 e. The van der Waals surface area contributed by atoms with Gasteiger partial charge < -0.3 is 10.4 Å². The molecule has 0 saturated heterocycles. The fraction of sp³-hybridized carbons (Fsp3) is 0.188. The van der Waals surface area contributed by atoms with Crippen LogP contribution in [0.1, 0.15) is 25.0 Å². The first-order valence-electron chi connectivity index (χ1n) is 6.26. The van der Waals surface area contributed by atoms with Crippen LogP contribution < -0.4 is 5.32 Å². The van der Waals surface area contributed by atoms with Crippen molar-refractivity contribution in [3.05, 3.63) is 63.2 Å². The van der Waals surface area contributed by atoms with Gasteiger partial charge in [-0.1, -0.05) is 24.3 Å². The minimum absolute atomic E-state index is 0.109. The average molecular weight is 381 g/mol. The van der Waals surface area contributed by atoms with Crippen LogP contribution in [0.5, 0.6) is 0 Å². The molecule has 0 aliphatic rings. The Hall–Kier alpha value is -1.40. The molecule has 1 amide bonds. The van der Waals surface area contributed by atoms with E-state index in [1.807, 2.05) is 36.4 Å². The molecule has 0 bridgehead atoms. The van der Waals surface area contributed by atoms with E-state index in [0.29, 0.717) is 0 Å². The van der Waals surface area contributed by atoms with Gasteiger partial charge in [-0.2, -0.15) is 0 Å². The van der Waals surface area contributed by atoms with Crippen LogP contribution in [0.2, 0.25) is 0 Å². The van der Waals surface area contributed by atoms with Gasteiger partial charge in [-0.05, 0) is 64.9 Å². The summed E-state index contributed by atoms with van der Waals surface area (Å²) in [4.78, 5) is 11.0. The number of hydrogen-bond donors (Lipinski definition) is 2. The summed E-state index contributed by atoms with van der Waals surface area (Å²) in [6, 6.07) is 15.0. The molecule has 2 aromatic rings. The van der Waals surface area contributed by atoms with Crippen molar-refractivity contribution in [2.24, 2.45) is 0 Å². The summed E-state index contributed by atoms with van der Waals surface area (Å²) in [6.45, 7) is 3.23. The lowest BCUT2D eigenvalue weighted by Crippen LogP contribution is -2.22. The van der Waals surface area contributed by atoms with E-state index in [2.05, 4.69) is 27.9 Å². The highest BCUT2D eigenvalue weighted by atomic mass is 127. The molecule has 0 saturated carbocycles. The summed E-state index contributed by atoms with van der Waals surface area (Å²) < 4.78 is 1.13. The lowest BCUT2D eigenvalue weighted by Gasteiger charge is -2.25. The standard InChI is InChI=1S/C16H16INO2/c1-11(19)18-15-9-5-13(6-10-15)16(2,20)12-3-7-14(17)8-4-12/h3-10,20H,1-2H3,(H,18,19)/t16-/m0/s1. The van der Waals surface area contributed by atoms with Crippen LogP contribution >= 0.6 is 22.6 Å². The van der Waals surface area contributed by atoms with E-state index in [1.165, 1.54) is 6.92 Å². The Labute approximate surface area is 132 Å². The van der Waals surface area contributed by atoms with Crippen LogP contribution in [-0.2, 0) is 10.4 Å². The summed E-state index contributed by atoms with van der Waals surface area (Å²) in [5, 5.41) is 13.4. The number of hydrogen-bond acceptors (Lipinski definition) is 2. The lowest BCUT2D eigenvalue weighted by atomic mass is 9.88. The van der Waals surface area contributed by atoms with Crippen LogP contribution in [0.4, 0.5) is 5.69 Å². The monoisotopic (exact) mass is 381 g/mol. The molecule has 104 valence electrons. The molecule has 2 rings (SSSR count). The topological polar surface area (TPSA) is 49.3 Å². The normalized spacial score (nSPS) is 13.6. The molecule has 3 nitrogen and oxygen atoms in total. The van der Waals surface area contributed by atoms with E-state index in [4.69, 9.17) is 0 Å². The molecule has 0 radical (unpaired) electrons.